The van der Waals surface area contributed by atoms with Gasteiger partial charge in [0.25, 0.3) is 11.2 Å². The Kier molecular flexibility index (Phi) is 4.24. The number of nitrogens with zero attached hydrogens (tertiary/aromatic N) is 2. The number of aromatic nitrogens is 2. The minimum absolute atomic E-state index is 0.0101. The average Bonchev–Trinajstić information content (AvgIpc) is 2.55. The molecule has 2 aromatic carbocycles. The molecule has 25 heavy (non-hydrogen) atoms. The first-order valence-corrected chi connectivity index (χ1v) is 7.59. The molecule has 8 heteroatoms. The van der Waals surface area contributed by atoms with E-state index in [9.17, 15) is 20.0 Å². The number of aryl methyl sites for hydroxylation is 1. The van der Waals surface area contributed by atoms with Gasteiger partial charge in [-0.3, -0.25) is 14.9 Å². The van der Waals surface area contributed by atoms with E-state index in [-0.39, 0.29) is 33.4 Å². The first-order valence-electron chi connectivity index (χ1n) is 7.21. The zero-order valence-corrected chi connectivity index (χ0v) is 13.7. The highest BCUT2D eigenvalue weighted by molar-refractivity contribution is 6.50. The van der Waals surface area contributed by atoms with Crippen LogP contribution in [0.4, 0.5) is 5.69 Å². The van der Waals surface area contributed by atoms with E-state index in [2.05, 4.69) is 9.97 Å². The van der Waals surface area contributed by atoms with Gasteiger partial charge in [0.1, 0.15) is 5.75 Å². The maximum absolute atomic E-state index is 12.2. The molecule has 0 atom stereocenters. The Morgan fingerprint density at radius 1 is 1.36 bits per heavy atom. The summed E-state index contributed by atoms with van der Waals surface area (Å²) in [5.74, 6) is -0.0526. The molecule has 0 amide bonds. The number of phenolic OH excluding ortho intramolecular Hbond substituents is 1. The first kappa shape index (κ1) is 16.7. The summed E-state index contributed by atoms with van der Waals surface area (Å²) in [6, 6.07) is 8.81. The Balaban J connectivity index is 2.18. The molecule has 2 N–H and O–H groups in total. The number of fused-ring (bicyclic) bond motifs is 1. The Labute approximate surface area is 146 Å². The number of para-hydroxylation sites is 1. The highest BCUT2D eigenvalue weighted by atomic mass is 35.5. The molecule has 0 bridgehead atoms. The van der Waals surface area contributed by atoms with Crippen LogP contribution >= 0.6 is 11.6 Å². The number of nitro benzene ring substituents is 1. The molecular formula is C17H12ClN3O4. The summed E-state index contributed by atoms with van der Waals surface area (Å²) in [5.41, 5.74) is 0.814. The SMILES string of the molecule is Cc1cccc2c(=O)[nH]c(/C(Cl)=C/c3cc(O)ccc3[N+](=O)[O-])nc12. The average molecular weight is 358 g/mol. The van der Waals surface area contributed by atoms with Gasteiger partial charge in [-0.15, -0.1) is 0 Å². The minimum atomic E-state index is -0.587. The third kappa shape index (κ3) is 3.22. The van der Waals surface area contributed by atoms with Gasteiger partial charge in [0.15, 0.2) is 5.82 Å². The summed E-state index contributed by atoms with van der Waals surface area (Å²) in [6.07, 6.45) is 1.28. The van der Waals surface area contributed by atoms with Crippen LogP contribution in [0.3, 0.4) is 0 Å². The number of benzene rings is 2. The van der Waals surface area contributed by atoms with Crippen LogP contribution in [-0.4, -0.2) is 20.0 Å². The zero-order valence-electron chi connectivity index (χ0n) is 13.0. The van der Waals surface area contributed by atoms with E-state index in [0.717, 1.165) is 5.56 Å². The second kappa shape index (κ2) is 6.37. The number of nitro groups is 1. The van der Waals surface area contributed by atoms with Crippen LogP contribution in [-0.2, 0) is 0 Å². The predicted octanol–water partition coefficient (Wildman–Crippen LogP) is 3.58. The number of rotatable bonds is 3. The van der Waals surface area contributed by atoms with Gasteiger partial charge in [0, 0.05) is 6.07 Å². The summed E-state index contributed by atoms with van der Waals surface area (Å²) >= 11 is 6.22. The molecule has 7 nitrogen and oxygen atoms in total. The zero-order chi connectivity index (χ0) is 18.1. The molecular weight excluding hydrogens is 346 g/mol. The number of aromatic amines is 1. The van der Waals surface area contributed by atoms with Crippen molar-refractivity contribution in [3.05, 3.63) is 73.8 Å². The number of halogens is 1. The Bertz CT molecular complexity index is 1090. The van der Waals surface area contributed by atoms with Crippen molar-refractivity contribution in [3.63, 3.8) is 0 Å². The van der Waals surface area contributed by atoms with E-state index in [0.29, 0.717) is 10.9 Å². The fraction of sp³-hybridized carbons (Fsp3) is 0.0588. The van der Waals surface area contributed by atoms with E-state index < -0.39 is 4.92 Å². The molecule has 126 valence electrons. The molecule has 0 aliphatic carbocycles. The molecule has 0 saturated carbocycles. The van der Waals surface area contributed by atoms with E-state index in [1.807, 2.05) is 13.0 Å². The van der Waals surface area contributed by atoms with Crippen molar-refractivity contribution in [1.82, 2.24) is 9.97 Å². The monoisotopic (exact) mass is 357 g/mol. The molecule has 3 aromatic rings. The van der Waals surface area contributed by atoms with Gasteiger partial charge in [-0.1, -0.05) is 23.7 Å². The fourth-order valence-corrected chi connectivity index (χ4v) is 2.65. The molecule has 0 aliphatic heterocycles. The van der Waals surface area contributed by atoms with Crippen LogP contribution in [0.5, 0.6) is 5.75 Å². The molecule has 3 rings (SSSR count). The molecule has 0 radical (unpaired) electrons. The maximum atomic E-state index is 12.2. The number of phenols is 1. The third-order valence-electron chi connectivity index (χ3n) is 3.65. The molecule has 0 saturated heterocycles. The van der Waals surface area contributed by atoms with Crippen molar-refractivity contribution in [1.29, 1.82) is 0 Å². The topological polar surface area (TPSA) is 109 Å². The van der Waals surface area contributed by atoms with Gasteiger partial charge in [0.2, 0.25) is 0 Å². The number of nitrogens with one attached hydrogen (secondary N) is 1. The Hall–Kier alpha value is -3.19. The van der Waals surface area contributed by atoms with E-state index in [1.54, 1.807) is 12.1 Å². The summed E-state index contributed by atoms with van der Waals surface area (Å²) in [7, 11) is 0. The summed E-state index contributed by atoms with van der Waals surface area (Å²) in [5, 5.41) is 21.1. The van der Waals surface area contributed by atoms with Gasteiger partial charge in [-0.2, -0.15) is 0 Å². The van der Waals surface area contributed by atoms with Crippen LogP contribution in [0, 0.1) is 17.0 Å². The quantitative estimate of drug-likeness (QED) is 0.550. The van der Waals surface area contributed by atoms with Crippen molar-refractivity contribution in [2.75, 3.05) is 0 Å². The molecule has 0 spiro atoms. The van der Waals surface area contributed by atoms with Crippen LogP contribution < -0.4 is 5.56 Å². The number of H-pyrrole nitrogens is 1. The van der Waals surface area contributed by atoms with Crippen molar-refractivity contribution in [2.24, 2.45) is 0 Å². The standard InChI is InChI=1S/C17H12ClN3O4/c1-9-3-2-4-12-15(9)19-16(20-17(12)23)13(18)8-10-7-11(22)5-6-14(10)21(24)25/h2-8,22H,1H3,(H,19,20,23)/b13-8-. The van der Waals surface area contributed by atoms with Gasteiger partial charge >= 0.3 is 0 Å². The normalized spacial score (nSPS) is 11.7. The first-order chi connectivity index (χ1) is 11.9. The Morgan fingerprint density at radius 2 is 2.12 bits per heavy atom. The van der Waals surface area contributed by atoms with E-state index >= 15 is 0 Å². The third-order valence-corrected chi connectivity index (χ3v) is 3.94. The smallest absolute Gasteiger partial charge is 0.276 e. The fourth-order valence-electron chi connectivity index (χ4n) is 2.45. The molecule has 0 aliphatic rings. The maximum Gasteiger partial charge on any atom is 0.276 e. The second-order valence-electron chi connectivity index (χ2n) is 5.38. The van der Waals surface area contributed by atoms with Gasteiger partial charge in [-0.05, 0) is 36.8 Å². The lowest BCUT2D eigenvalue weighted by Gasteiger charge is -2.05. The minimum Gasteiger partial charge on any atom is -0.508 e. The number of aromatic hydroxyl groups is 1. The van der Waals surface area contributed by atoms with Gasteiger partial charge in [0.05, 0.1) is 26.4 Å². The van der Waals surface area contributed by atoms with Crippen LogP contribution in [0.2, 0.25) is 0 Å². The summed E-state index contributed by atoms with van der Waals surface area (Å²) in [4.78, 5) is 29.6. The van der Waals surface area contributed by atoms with Gasteiger partial charge < -0.3 is 10.1 Å². The summed E-state index contributed by atoms with van der Waals surface area (Å²) < 4.78 is 0. The molecule has 0 fully saturated rings. The lowest BCUT2D eigenvalue weighted by molar-refractivity contribution is -0.385. The summed E-state index contributed by atoms with van der Waals surface area (Å²) in [6.45, 7) is 1.82. The van der Waals surface area contributed by atoms with Crippen molar-refractivity contribution in [2.45, 2.75) is 6.92 Å². The second-order valence-corrected chi connectivity index (χ2v) is 5.79. The van der Waals surface area contributed by atoms with Gasteiger partial charge in [-0.25, -0.2) is 4.98 Å². The predicted molar refractivity (Wildman–Crippen MR) is 95.6 cm³/mol. The van der Waals surface area contributed by atoms with E-state index in [4.69, 9.17) is 11.6 Å². The lowest BCUT2D eigenvalue weighted by Crippen LogP contribution is -2.11. The van der Waals surface area contributed by atoms with Crippen LogP contribution in [0.25, 0.3) is 22.0 Å². The van der Waals surface area contributed by atoms with Crippen LogP contribution in [0.15, 0.2) is 41.2 Å². The highest BCUT2D eigenvalue weighted by Gasteiger charge is 2.15. The van der Waals surface area contributed by atoms with Crippen molar-refractivity contribution < 1.29 is 10.0 Å². The molecule has 1 aromatic heterocycles. The number of hydrogen-bond donors (Lipinski definition) is 2. The molecule has 1 heterocycles. The highest BCUT2D eigenvalue weighted by Crippen LogP contribution is 2.28. The largest absolute Gasteiger partial charge is 0.508 e. The Morgan fingerprint density at radius 3 is 2.84 bits per heavy atom. The van der Waals surface area contributed by atoms with E-state index in [1.165, 1.54) is 24.3 Å². The van der Waals surface area contributed by atoms with Crippen LogP contribution in [0.1, 0.15) is 17.0 Å². The lowest BCUT2D eigenvalue weighted by atomic mass is 10.1. The van der Waals surface area contributed by atoms with Crippen molar-refractivity contribution in [3.8, 4) is 5.75 Å². The number of hydrogen-bond acceptors (Lipinski definition) is 5. The molecule has 0 unspecified atom stereocenters. The van der Waals surface area contributed by atoms with Crippen molar-refractivity contribution >= 4 is 39.3 Å².